The van der Waals surface area contributed by atoms with E-state index in [1.165, 1.54) is 91.9 Å². The van der Waals surface area contributed by atoms with Gasteiger partial charge in [-0.3, -0.25) is 101 Å². The van der Waals surface area contributed by atoms with Crippen LogP contribution < -0.4 is 85.5 Å². The van der Waals surface area contributed by atoms with E-state index >= 15 is 0 Å². The van der Waals surface area contributed by atoms with Crippen molar-refractivity contribution in [2.24, 2.45) is 17.6 Å². The van der Waals surface area contributed by atoms with Gasteiger partial charge in [-0.25, -0.2) is 0 Å². The number of nitrogens with one attached hydrogen (secondary N) is 15. The molecular formula is C88H121N17O29. The van der Waals surface area contributed by atoms with Crippen LogP contribution in [0.2, 0.25) is 0 Å². The normalized spacial score (nSPS) is 15.2. The van der Waals surface area contributed by atoms with Gasteiger partial charge < -0.3 is 131 Å². The molecule has 1 aliphatic heterocycles. The van der Waals surface area contributed by atoms with E-state index in [9.17, 15) is 142 Å². The number of unbranched alkanes of at least 4 members (excludes halogenated alkanes) is 1. The van der Waals surface area contributed by atoms with Crippen LogP contribution in [0.25, 0.3) is 0 Å². The number of carboxylic acid groups (broad SMARTS) is 3. The van der Waals surface area contributed by atoms with E-state index in [0.717, 1.165) is 18.7 Å². The van der Waals surface area contributed by atoms with Crippen LogP contribution in [0.15, 0.2) is 103 Å². The second kappa shape index (κ2) is 55.3. The van der Waals surface area contributed by atoms with E-state index in [-0.39, 0.29) is 72.9 Å². The third kappa shape index (κ3) is 36.9. The van der Waals surface area contributed by atoms with Gasteiger partial charge in [-0.2, -0.15) is 0 Å². The molecule has 0 spiro atoms. The molecule has 0 bridgehead atoms. The van der Waals surface area contributed by atoms with Gasteiger partial charge in [0.05, 0.1) is 55.9 Å². The van der Waals surface area contributed by atoms with E-state index < -0.39 is 280 Å². The van der Waals surface area contributed by atoms with E-state index in [0.29, 0.717) is 36.9 Å². The lowest BCUT2D eigenvalue weighted by Gasteiger charge is -2.30. The molecule has 1 heterocycles. The maximum Gasteiger partial charge on any atom is 0.305 e. The molecule has 732 valence electrons. The fourth-order valence-electron chi connectivity index (χ4n) is 13.7. The minimum absolute atomic E-state index is 0.0759. The molecule has 1 aliphatic rings. The Hall–Kier alpha value is -14.1. The molecule has 0 saturated heterocycles. The molecular weight excluding hydrogens is 1760 g/mol. The Morgan fingerprint density at radius 1 is 0.381 bits per heavy atom. The average molecular weight is 1880 g/mol. The standard InChI is InChI=1S/C88H121N17O29/c1-8-46(4)72(84(130)98-60(38-52-24-28-54(111)29-25-52)78(124)94-58(35-45(2)3)77(123)96-62(39-70(117)118)76(122)92-47(5)17-14-15-32-89)103-83(129)65(44-107)100-79(125)59(37-51-22-26-53(110)27-23-51)95-80(126)63(40-71(119)120)97-82(128)64(43-106)101-86(132)74(49(7)109)104-81(127)61(36-50-18-10-9-11-19-50)99-85(131)73(48(6)108)102-68(114)42-91-75(121)57(30-31-69(115)116)93-67(113)41-66(112)90-33-16-34-105-87(133)55-20-12-13-21-56(55)88(105)134/h9-13,18-29,45-49,57-65,72-74,106-111H,8,14-17,30-44,89H2,1-7H3,(H,90,112)(H,91,121)(H,92,122)(H,93,113)(H,94,124)(H,95,126)(H,96,123)(H,97,128)(H,98,130)(H,99,131)(H,100,125)(H,101,132)(H,102,114)(H,103,129)(H,104,127)(H,115,116)(H,117,118)(H,119,120)/t46-,47+,48+,49+,57-,58-,59-,60-,61-,62-,63-,64-,65-,72-,73-,74-/m0/s1. The highest BCUT2D eigenvalue weighted by molar-refractivity contribution is 6.21. The molecule has 0 radical (unpaired) electrons. The van der Waals surface area contributed by atoms with E-state index in [4.69, 9.17) is 5.73 Å². The van der Waals surface area contributed by atoms with Gasteiger partial charge in [0.15, 0.2) is 0 Å². The molecule has 0 saturated carbocycles. The lowest BCUT2D eigenvalue weighted by molar-refractivity contribution is -0.142. The molecule has 4 aromatic rings. The Morgan fingerprint density at radius 2 is 0.776 bits per heavy atom. The van der Waals surface area contributed by atoms with Crippen LogP contribution in [0.1, 0.15) is 157 Å². The molecule has 46 heteroatoms. The number of carbonyl (C=O) groups is 20. The summed E-state index contributed by atoms with van der Waals surface area (Å²) in [6.45, 7) is 6.90. The van der Waals surface area contributed by atoms with Crippen molar-refractivity contribution >= 4 is 118 Å². The number of carbonyl (C=O) groups excluding carboxylic acids is 17. The van der Waals surface area contributed by atoms with Crippen molar-refractivity contribution < 1.29 is 142 Å². The van der Waals surface area contributed by atoms with Crippen molar-refractivity contribution in [2.45, 2.75) is 229 Å². The summed E-state index contributed by atoms with van der Waals surface area (Å²) in [5.74, 6) is -24.8. The maximum absolute atomic E-state index is 14.7. The number of amides is 17. The van der Waals surface area contributed by atoms with Crippen molar-refractivity contribution in [1.82, 2.24) is 84.7 Å². The number of hydrogen-bond acceptors (Lipinski definition) is 27. The Morgan fingerprint density at radius 3 is 1.24 bits per heavy atom. The molecule has 16 atom stereocenters. The van der Waals surface area contributed by atoms with Crippen molar-refractivity contribution in [3.63, 3.8) is 0 Å². The molecule has 17 amide bonds. The fraction of sp³-hybridized carbons (Fsp3) is 0.500. The average Bonchev–Trinajstić information content (AvgIpc) is 1.64. The largest absolute Gasteiger partial charge is 0.508 e. The number of hydrogen-bond donors (Lipinski definition) is 25. The number of carboxylic acids is 3. The number of phenolic OH excluding ortho intramolecular Hbond substituents is 2. The van der Waals surface area contributed by atoms with Gasteiger partial charge in [0.25, 0.3) is 11.8 Å². The van der Waals surface area contributed by atoms with Gasteiger partial charge in [-0.1, -0.05) is 107 Å². The van der Waals surface area contributed by atoms with Gasteiger partial charge in [-0.15, -0.1) is 0 Å². The number of aliphatic hydroxyl groups is 4. The third-order valence-electron chi connectivity index (χ3n) is 21.1. The monoisotopic (exact) mass is 1880 g/mol. The van der Waals surface area contributed by atoms with Crippen LogP contribution in [-0.4, -0.2) is 299 Å². The lowest BCUT2D eigenvalue weighted by atomic mass is 9.96. The second-order valence-electron chi connectivity index (χ2n) is 32.6. The Kier molecular flexibility index (Phi) is 45.5. The number of fused-ring (bicyclic) bond motifs is 1. The number of aromatic hydroxyl groups is 2. The van der Waals surface area contributed by atoms with E-state index in [1.807, 2.05) is 0 Å². The summed E-state index contributed by atoms with van der Waals surface area (Å²) in [5.41, 5.74) is 6.90. The number of aliphatic hydroxyl groups excluding tert-OH is 4. The molecule has 46 nitrogen and oxygen atoms in total. The molecule has 26 N–H and O–H groups in total. The topological polar surface area (TPSA) is 733 Å². The van der Waals surface area contributed by atoms with Crippen LogP contribution in [0, 0.1) is 11.8 Å². The van der Waals surface area contributed by atoms with Gasteiger partial charge in [0, 0.05) is 44.8 Å². The van der Waals surface area contributed by atoms with Gasteiger partial charge in [-0.05, 0) is 124 Å². The molecule has 4 aromatic carbocycles. The summed E-state index contributed by atoms with van der Waals surface area (Å²) in [6.07, 6.45) is -7.41. The zero-order valence-corrected chi connectivity index (χ0v) is 75.0. The van der Waals surface area contributed by atoms with E-state index in [1.54, 1.807) is 45.9 Å². The van der Waals surface area contributed by atoms with Gasteiger partial charge in [0.1, 0.15) is 90.4 Å². The molecule has 0 unspecified atom stereocenters. The van der Waals surface area contributed by atoms with Crippen LogP contribution >= 0.6 is 0 Å². The first-order chi connectivity index (χ1) is 63.4. The minimum Gasteiger partial charge on any atom is -0.508 e. The molecule has 0 aliphatic carbocycles. The highest BCUT2D eigenvalue weighted by Gasteiger charge is 2.41. The van der Waals surface area contributed by atoms with Gasteiger partial charge in [0.2, 0.25) is 88.6 Å². The maximum atomic E-state index is 14.7. The number of imide groups is 1. The summed E-state index contributed by atoms with van der Waals surface area (Å²) in [4.78, 5) is 272. The Labute approximate surface area is 770 Å². The molecule has 0 aromatic heterocycles. The number of benzene rings is 4. The summed E-state index contributed by atoms with van der Waals surface area (Å²) >= 11 is 0. The predicted octanol–water partition coefficient (Wildman–Crippen LogP) is -5.46. The number of nitrogens with two attached hydrogens (primary N) is 1. The Balaban J connectivity index is 1.29. The quantitative estimate of drug-likeness (QED) is 0.0111. The first-order valence-corrected chi connectivity index (χ1v) is 43.3. The predicted molar refractivity (Wildman–Crippen MR) is 472 cm³/mol. The lowest BCUT2D eigenvalue weighted by Crippen LogP contribution is -2.63. The number of nitrogens with zero attached hydrogens (tertiary/aromatic N) is 1. The smallest absolute Gasteiger partial charge is 0.305 e. The molecule has 0 fully saturated rings. The molecule has 134 heavy (non-hydrogen) atoms. The van der Waals surface area contributed by atoms with E-state index in [2.05, 4.69) is 79.8 Å². The van der Waals surface area contributed by atoms with Crippen molar-refractivity contribution in [3.05, 3.63) is 131 Å². The SMILES string of the molecule is CC[C@H](C)[C@H](NC(=O)[C@H](CO)NC(=O)[C@H](Cc1ccc(O)cc1)NC(=O)[C@H](CC(=O)O)NC(=O)[C@H](CO)NC(=O)[C@@H](NC(=O)[C@H](Cc1ccccc1)NC(=O)[C@@H](NC(=O)CNC(=O)[C@H](CCC(=O)O)NC(=O)CC(=O)NCCCN1C(=O)c2ccccc2C1=O)[C@@H](C)O)[C@@H](C)O)C(=O)N[C@@H](Cc1ccc(O)cc1)C(=O)N[C@@H](CC(C)C)C(=O)N[C@@H](CC(=O)O)C(=O)N[C@H](C)CCCCN. The van der Waals surface area contributed by atoms with Gasteiger partial charge >= 0.3 is 17.9 Å². The second-order valence-corrected chi connectivity index (χ2v) is 32.6. The van der Waals surface area contributed by atoms with Crippen LogP contribution in [0.5, 0.6) is 11.5 Å². The number of phenols is 2. The Bertz CT molecular complexity index is 4740. The van der Waals surface area contributed by atoms with Crippen molar-refractivity contribution in [2.75, 3.05) is 39.4 Å². The summed E-state index contributed by atoms with van der Waals surface area (Å²) in [7, 11) is 0. The van der Waals surface area contributed by atoms with Crippen LogP contribution in [0.3, 0.4) is 0 Å². The first-order valence-electron chi connectivity index (χ1n) is 43.3. The fourth-order valence-corrected chi connectivity index (χ4v) is 13.7. The van der Waals surface area contributed by atoms with Crippen molar-refractivity contribution in [1.29, 1.82) is 0 Å². The number of aliphatic carboxylic acids is 3. The summed E-state index contributed by atoms with van der Waals surface area (Å²) < 4.78 is 0. The summed E-state index contributed by atoms with van der Waals surface area (Å²) in [6, 6.07) is 1.57. The summed E-state index contributed by atoms with van der Waals surface area (Å²) in [5, 5.41) is 128. The van der Waals surface area contributed by atoms with Crippen LogP contribution in [0.4, 0.5) is 0 Å². The highest BCUT2D eigenvalue weighted by Crippen LogP contribution is 2.24. The van der Waals surface area contributed by atoms with Crippen LogP contribution in [-0.2, 0) is 106 Å². The van der Waals surface area contributed by atoms with Crippen molar-refractivity contribution in [3.8, 4) is 11.5 Å². The zero-order chi connectivity index (χ0) is 99.8. The highest BCUT2D eigenvalue weighted by atomic mass is 16.4. The minimum atomic E-state index is -2.24. The number of rotatable bonds is 58. The first kappa shape index (κ1) is 110. The molecule has 5 rings (SSSR count). The third-order valence-corrected chi connectivity index (χ3v) is 21.1. The zero-order valence-electron chi connectivity index (χ0n) is 75.0.